The van der Waals surface area contributed by atoms with Crippen LogP contribution in [0.25, 0.3) is 0 Å². The molecule has 1 aliphatic rings. The van der Waals surface area contributed by atoms with E-state index in [-0.39, 0.29) is 10.8 Å². The summed E-state index contributed by atoms with van der Waals surface area (Å²) in [7, 11) is 5.00. The highest BCUT2D eigenvalue weighted by Crippen LogP contribution is 2.43. The van der Waals surface area contributed by atoms with Gasteiger partial charge in [0.1, 0.15) is 5.75 Å². The van der Waals surface area contributed by atoms with Gasteiger partial charge in [-0.1, -0.05) is 47.6 Å². The zero-order valence-electron chi connectivity index (χ0n) is 25.5. The van der Waals surface area contributed by atoms with E-state index in [1.54, 1.807) is 21.3 Å². The predicted molar refractivity (Wildman–Crippen MR) is 168 cm³/mol. The van der Waals surface area contributed by atoms with E-state index < -0.39 is 0 Å². The van der Waals surface area contributed by atoms with Gasteiger partial charge in [-0.2, -0.15) is 11.8 Å². The molecule has 0 radical (unpaired) electrons. The van der Waals surface area contributed by atoms with Gasteiger partial charge in [-0.05, 0) is 73.7 Å². The number of ether oxygens (including phenoxy) is 3. The minimum Gasteiger partial charge on any atom is -0.507 e. The van der Waals surface area contributed by atoms with E-state index in [1.165, 1.54) is 24.2 Å². The smallest absolute Gasteiger partial charge is 0.203 e. The lowest BCUT2D eigenvalue weighted by atomic mass is 9.79. The van der Waals surface area contributed by atoms with Crippen molar-refractivity contribution in [2.45, 2.75) is 87.5 Å². The van der Waals surface area contributed by atoms with Crippen molar-refractivity contribution in [2.75, 3.05) is 46.7 Å². The van der Waals surface area contributed by atoms with Crippen molar-refractivity contribution in [2.24, 2.45) is 0 Å². The molecular formula is C32H49NO4S2. The lowest BCUT2D eigenvalue weighted by Crippen LogP contribution is -2.35. The number of aromatic hydroxyl groups is 1. The molecule has 0 atom stereocenters. The second-order valence-corrected chi connectivity index (χ2v) is 14.9. The second kappa shape index (κ2) is 13.8. The van der Waals surface area contributed by atoms with Crippen LogP contribution in [0.4, 0.5) is 0 Å². The number of rotatable bonds is 11. The Balaban J connectivity index is 1.47. The summed E-state index contributed by atoms with van der Waals surface area (Å²) in [6, 6.07) is 8.45. The molecule has 39 heavy (non-hydrogen) atoms. The molecule has 1 heterocycles. The van der Waals surface area contributed by atoms with Gasteiger partial charge in [0.15, 0.2) is 11.5 Å². The highest BCUT2D eigenvalue weighted by atomic mass is 32.2. The van der Waals surface area contributed by atoms with Crippen LogP contribution in [0.15, 0.2) is 29.2 Å². The lowest BCUT2D eigenvalue weighted by Gasteiger charge is -2.31. The third kappa shape index (κ3) is 8.40. The van der Waals surface area contributed by atoms with Crippen LogP contribution in [-0.2, 0) is 16.6 Å². The zero-order chi connectivity index (χ0) is 28.8. The quantitative estimate of drug-likeness (QED) is 0.216. The van der Waals surface area contributed by atoms with Gasteiger partial charge in [-0.3, -0.25) is 0 Å². The van der Waals surface area contributed by atoms with E-state index in [2.05, 4.69) is 64.6 Å². The maximum Gasteiger partial charge on any atom is 0.203 e. The fraction of sp³-hybridized carbons (Fsp3) is 0.625. The number of nitrogens with zero attached hydrogens (tertiary/aromatic N) is 1. The van der Waals surface area contributed by atoms with Gasteiger partial charge in [-0.25, -0.2) is 0 Å². The largest absolute Gasteiger partial charge is 0.507 e. The molecule has 1 N–H and O–H groups in total. The number of benzene rings is 2. The van der Waals surface area contributed by atoms with Crippen LogP contribution in [0.1, 0.15) is 77.5 Å². The Labute approximate surface area is 245 Å². The first kappa shape index (κ1) is 31.8. The molecule has 0 bridgehead atoms. The Morgan fingerprint density at radius 1 is 0.872 bits per heavy atom. The molecule has 2 aromatic rings. The molecule has 5 nitrogen and oxygen atoms in total. The zero-order valence-corrected chi connectivity index (χ0v) is 27.1. The summed E-state index contributed by atoms with van der Waals surface area (Å²) in [5.41, 5.74) is 3.06. The van der Waals surface area contributed by atoms with Crippen LogP contribution >= 0.6 is 23.5 Å². The average Bonchev–Trinajstić information content (AvgIpc) is 2.89. The monoisotopic (exact) mass is 575 g/mol. The predicted octanol–water partition coefficient (Wildman–Crippen LogP) is 7.89. The Bertz CT molecular complexity index is 1050. The Kier molecular flexibility index (Phi) is 11.2. The van der Waals surface area contributed by atoms with E-state index in [0.717, 1.165) is 53.6 Å². The molecule has 0 amide bonds. The fourth-order valence-electron chi connectivity index (χ4n) is 5.10. The van der Waals surface area contributed by atoms with Gasteiger partial charge in [0, 0.05) is 32.6 Å². The average molecular weight is 576 g/mol. The van der Waals surface area contributed by atoms with Crippen molar-refractivity contribution >= 4 is 23.5 Å². The fourth-order valence-corrected chi connectivity index (χ4v) is 7.20. The van der Waals surface area contributed by atoms with Crippen molar-refractivity contribution in [3.05, 3.63) is 41.0 Å². The van der Waals surface area contributed by atoms with E-state index in [1.807, 2.05) is 29.6 Å². The SMILES string of the molecule is COc1ccc(CSC2CCN(CCCSc3cc(C(C)(C)C)c(O)c(C(C)(C)C)c3)CC2)c(OC)c1OC. The lowest BCUT2D eigenvalue weighted by molar-refractivity contribution is 0.234. The highest BCUT2D eigenvalue weighted by molar-refractivity contribution is 7.99. The molecule has 218 valence electrons. The van der Waals surface area contributed by atoms with Crippen molar-refractivity contribution in [1.29, 1.82) is 0 Å². The van der Waals surface area contributed by atoms with E-state index in [9.17, 15) is 5.11 Å². The van der Waals surface area contributed by atoms with E-state index in [0.29, 0.717) is 22.5 Å². The van der Waals surface area contributed by atoms with Crippen LogP contribution in [0.2, 0.25) is 0 Å². The Morgan fingerprint density at radius 3 is 1.97 bits per heavy atom. The standard InChI is InChI=1S/C32H49NO4S2/c1-31(2,3)25-19-24(20-26(28(25)34)32(4,5)6)38-18-10-15-33-16-13-23(14-17-33)39-21-22-11-12-27(35-7)30(37-9)29(22)36-8/h11-12,19-20,23,34H,10,13-18,21H2,1-9H3. The number of hydrogen-bond donors (Lipinski definition) is 1. The molecular weight excluding hydrogens is 526 g/mol. The number of thioether (sulfide) groups is 2. The topological polar surface area (TPSA) is 51.2 Å². The third-order valence-electron chi connectivity index (χ3n) is 7.38. The number of likely N-dealkylation sites (tertiary alicyclic amines) is 1. The van der Waals surface area contributed by atoms with Crippen molar-refractivity contribution in [1.82, 2.24) is 4.90 Å². The van der Waals surface area contributed by atoms with Gasteiger partial charge < -0.3 is 24.2 Å². The molecule has 3 rings (SSSR count). The van der Waals surface area contributed by atoms with Crippen molar-refractivity contribution in [3.63, 3.8) is 0 Å². The number of piperidine rings is 1. The molecule has 0 unspecified atom stereocenters. The third-order valence-corrected chi connectivity index (χ3v) is 9.86. The first-order valence-corrected chi connectivity index (χ1v) is 16.0. The number of methoxy groups -OCH3 is 3. The van der Waals surface area contributed by atoms with Gasteiger partial charge in [0.05, 0.1) is 21.3 Å². The Morgan fingerprint density at radius 2 is 1.46 bits per heavy atom. The van der Waals surface area contributed by atoms with E-state index >= 15 is 0 Å². The molecule has 1 aliphatic heterocycles. The summed E-state index contributed by atoms with van der Waals surface area (Å²) in [5, 5.41) is 11.7. The maximum atomic E-state index is 11.0. The molecule has 7 heteroatoms. The van der Waals surface area contributed by atoms with Crippen LogP contribution < -0.4 is 14.2 Å². The summed E-state index contributed by atoms with van der Waals surface area (Å²) >= 11 is 3.94. The molecule has 1 saturated heterocycles. The van der Waals surface area contributed by atoms with Crippen LogP contribution in [0.3, 0.4) is 0 Å². The number of phenols is 1. The van der Waals surface area contributed by atoms with E-state index in [4.69, 9.17) is 14.2 Å². The second-order valence-electron chi connectivity index (χ2n) is 12.4. The van der Waals surface area contributed by atoms with Gasteiger partial charge >= 0.3 is 0 Å². The summed E-state index contributed by atoms with van der Waals surface area (Å²) < 4.78 is 16.6. The van der Waals surface area contributed by atoms with Gasteiger partial charge in [0.2, 0.25) is 5.75 Å². The van der Waals surface area contributed by atoms with Crippen LogP contribution in [0.5, 0.6) is 23.0 Å². The number of phenolic OH excluding ortho intramolecular Hbond substituents is 1. The van der Waals surface area contributed by atoms with Gasteiger partial charge in [0.25, 0.3) is 0 Å². The summed E-state index contributed by atoms with van der Waals surface area (Å²) in [4.78, 5) is 3.88. The summed E-state index contributed by atoms with van der Waals surface area (Å²) in [5.74, 6) is 4.60. The molecule has 0 saturated carbocycles. The minimum atomic E-state index is -0.0897. The molecule has 0 spiro atoms. The number of hydrogen-bond acceptors (Lipinski definition) is 7. The summed E-state index contributed by atoms with van der Waals surface area (Å²) in [6.45, 7) is 16.5. The van der Waals surface area contributed by atoms with Crippen LogP contribution in [-0.4, -0.2) is 62.0 Å². The van der Waals surface area contributed by atoms with Crippen molar-refractivity contribution < 1.29 is 19.3 Å². The molecule has 2 aromatic carbocycles. The highest BCUT2D eigenvalue weighted by Gasteiger charge is 2.27. The molecule has 0 aromatic heterocycles. The van der Waals surface area contributed by atoms with Crippen LogP contribution in [0, 0.1) is 0 Å². The normalized spacial score (nSPS) is 15.4. The minimum absolute atomic E-state index is 0.0897. The first-order valence-electron chi connectivity index (χ1n) is 14.0. The Hall–Kier alpha value is -1.70. The molecule has 1 fully saturated rings. The molecule has 0 aliphatic carbocycles. The van der Waals surface area contributed by atoms with Crippen molar-refractivity contribution in [3.8, 4) is 23.0 Å². The van der Waals surface area contributed by atoms with Gasteiger partial charge in [-0.15, -0.1) is 11.8 Å². The summed E-state index contributed by atoms with van der Waals surface area (Å²) in [6.07, 6.45) is 3.60. The maximum absolute atomic E-state index is 11.0. The first-order chi connectivity index (χ1) is 18.4.